The number of alkyl halides is 3. The van der Waals surface area contributed by atoms with Gasteiger partial charge in [-0.1, -0.05) is 0 Å². The molecule has 0 aromatic heterocycles. The number of allylic oxidation sites excluding steroid dienone is 2. The van der Waals surface area contributed by atoms with Gasteiger partial charge in [0.25, 0.3) is 0 Å². The fourth-order valence-electron chi connectivity index (χ4n) is 4.94. The molecule has 4 aliphatic carbocycles. The second-order valence-electron chi connectivity index (χ2n) is 6.79. The average molecular weight is 295 g/mol. The minimum absolute atomic E-state index is 0.492. The smallest absolute Gasteiger partial charge is 0.374 e. The Kier molecular flexibility index (Phi) is 3.16. The molecule has 4 saturated carbocycles. The lowest BCUT2D eigenvalue weighted by Gasteiger charge is -2.57. The standard InChI is InChI=1S/C15H16F3N3/c16-15(17,18)13(12(7-19)8-20)21-14-4-9-1-10(5-14)3-11(2-9)6-14/h9-11,21H,1-6H2. The highest BCUT2D eigenvalue weighted by molar-refractivity contribution is 5.42. The number of nitriles is 2. The summed E-state index contributed by atoms with van der Waals surface area (Å²) in [6.07, 6.45) is 0.846. The van der Waals surface area contributed by atoms with Crippen molar-refractivity contribution < 1.29 is 13.2 Å². The number of hydrogen-bond acceptors (Lipinski definition) is 3. The molecule has 1 N–H and O–H groups in total. The molecule has 4 rings (SSSR count). The Hall–Kier alpha value is -1.69. The molecule has 0 spiro atoms. The number of rotatable bonds is 2. The van der Waals surface area contributed by atoms with Crippen molar-refractivity contribution in [1.82, 2.24) is 5.32 Å². The third-order valence-corrected chi connectivity index (χ3v) is 5.19. The van der Waals surface area contributed by atoms with Crippen LogP contribution in [0.5, 0.6) is 0 Å². The fourth-order valence-corrected chi connectivity index (χ4v) is 4.94. The second kappa shape index (κ2) is 4.66. The predicted octanol–water partition coefficient (Wildman–Crippen LogP) is 3.41. The lowest BCUT2D eigenvalue weighted by molar-refractivity contribution is -0.107. The van der Waals surface area contributed by atoms with Gasteiger partial charge in [-0.25, -0.2) is 0 Å². The fraction of sp³-hybridized carbons (Fsp3) is 0.733. The molecular formula is C15H16F3N3. The summed E-state index contributed by atoms with van der Waals surface area (Å²) in [5, 5.41) is 20.2. The number of nitrogens with one attached hydrogen (secondary N) is 1. The van der Waals surface area contributed by atoms with Crippen molar-refractivity contribution in [3.05, 3.63) is 11.3 Å². The van der Waals surface area contributed by atoms with Crippen molar-refractivity contribution >= 4 is 0 Å². The maximum absolute atomic E-state index is 13.2. The Morgan fingerprint density at radius 3 is 1.71 bits per heavy atom. The third kappa shape index (κ3) is 2.48. The molecular weight excluding hydrogens is 279 g/mol. The van der Waals surface area contributed by atoms with Crippen LogP contribution < -0.4 is 5.32 Å². The van der Waals surface area contributed by atoms with E-state index in [9.17, 15) is 13.2 Å². The molecule has 0 atom stereocenters. The first-order valence-corrected chi connectivity index (χ1v) is 7.25. The van der Waals surface area contributed by atoms with Crippen molar-refractivity contribution in [2.24, 2.45) is 17.8 Å². The number of nitrogens with zero attached hydrogens (tertiary/aromatic N) is 2. The van der Waals surface area contributed by atoms with Crippen LogP contribution in [0.3, 0.4) is 0 Å². The Balaban J connectivity index is 1.93. The molecule has 6 heteroatoms. The third-order valence-electron chi connectivity index (χ3n) is 5.19. The van der Waals surface area contributed by atoms with Crippen molar-refractivity contribution in [2.45, 2.75) is 50.2 Å². The van der Waals surface area contributed by atoms with Crippen LogP contribution in [0.1, 0.15) is 38.5 Å². The molecule has 3 nitrogen and oxygen atoms in total. The molecule has 0 aliphatic heterocycles. The first kappa shape index (κ1) is 14.3. The average Bonchev–Trinajstić information content (AvgIpc) is 2.36. The number of hydrogen-bond donors (Lipinski definition) is 1. The van der Waals surface area contributed by atoms with Crippen LogP contribution in [0.2, 0.25) is 0 Å². The molecule has 112 valence electrons. The van der Waals surface area contributed by atoms with E-state index in [1.54, 1.807) is 0 Å². The molecule has 4 bridgehead atoms. The summed E-state index contributed by atoms with van der Waals surface area (Å²) >= 11 is 0. The minimum Gasteiger partial charge on any atom is -0.374 e. The summed E-state index contributed by atoms with van der Waals surface area (Å²) in [6.45, 7) is 0. The van der Waals surface area contributed by atoms with E-state index in [0.29, 0.717) is 17.8 Å². The summed E-state index contributed by atoms with van der Waals surface area (Å²) in [5.74, 6) is 1.47. The maximum atomic E-state index is 13.2. The zero-order valence-electron chi connectivity index (χ0n) is 11.5. The summed E-state index contributed by atoms with van der Waals surface area (Å²) in [6, 6.07) is 2.75. The van der Waals surface area contributed by atoms with Gasteiger partial charge in [-0.05, 0) is 56.3 Å². The van der Waals surface area contributed by atoms with Gasteiger partial charge < -0.3 is 5.32 Å². The van der Waals surface area contributed by atoms with Crippen molar-refractivity contribution in [3.8, 4) is 12.1 Å². The lowest BCUT2D eigenvalue weighted by Crippen LogP contribution is -2.59. The molecule has 0 heterocycles. The Morgan fingerprint density at radius 2 is 1.38 bits per heavy atom. The van der Waals surface area contributed by atoms with E-state index in [-0.39, 0.29) is 0 Å². The maximum Gasteiger partial charge on any atom is 0.432 e. The largest absolute Gasteiger partial charge is 0.432 e. The zero-order valence-corrected chi connectivity index (χ0v) is 11.5. The van der Waals surface area contributed by atoms with Crippen LogP contribution in [-0.2, 0) is 0 Å². The molecule has 0 unspecified atom stereocenters. The monoisotopic (exact) mass is 295 g/mol. The highest BCUT2D eigenvalue weighted by Crippen LogP contribution is 2.56. The van der Waals surface area contributed by atoms with Crippen molar-refractivity contribution in [1.29, 1.82) is 10.5 Å². The van der Waals surface area contributed by atoms with Gasteiger partial charge in [-0.3, -0.25) is 0 Å². The van der Waals surface area contributed by atoms with Gasteiger partial charge in [0.1, 0.15) is 17.8 Å². The predicted molar refractivity (Wildman–Crippen MR) is 68.3 cm³/mol. The first-order chi connectivity index (χ1) is 9.85. The molecule has 4 aliphatic rings. The van der Waals surface area contributed by atoms with E-state index in [1.807, 2.05) is 0 Å². The van der Waals surface area contributed by atoms with Crippen LogP contribution >= 0.6 is 0 Å². The highest BCUT2D eigenvalue weighted by atomic mass is 19.4. The van der Waals surface area contributed by atoms with Crippen LogP contribution in [0.25, 0.3) is 0 Å². The van der Waals surface area contributed by atoms with Gasteiger partial charge in [0.2, 0.25) is 0 Å². The van der Waals surface area contributed by atoms with E-state index < -0.39 is 23.0 Å². The molecule has 21 heavy (non-hydrogen) atoms. The van der Waals surface area contributed by atoms with Crippen LogP contribution in [0, 0.1) is 40.4 Å². The van der Waals surface area contributed by atoms with E-state index in [0.717, 1.165) is 38.5 Å². The van der Waals surface area contributed by atoms with E-state index >= 15 is 0 Å². The van der Waals surface area contributed by atoms with Gasteiger partial charge in [0.05, 0.1) is 0 Å². The summed E-state index contributed by atoms with van der Waals surface area (Å²) in [4.78, 5) is 0. The Morgan fingerprint density at radius 1 is 0.952 bits per heavy atom. The van der Waals surface area contributed by atoms with Gasteiger partial charge >= 0.3 is 6.18 Å². The quantitative estimate of drug-likeness (QED) is 0.794. The molecule has 0 aromatic carbocycles. The van der Waals surface area contributed by atoms with Gasteiger partial charge in [-0.2, -0.15) is 23.7 Å². The van der Waals surface area contributed by atoms with E-state index in [4.69, 9.17) is 10.5 Å². The van der Waals surface area contributed by atoms with Crippen molar-refractivity contribution in [2.75, 3.05) is 0 Å². The van der Waals surface area contributed by atoms with E-state index in [1.165, 1.54) is 12.1 Å². The van der Waals surface area contributed by atoms with Gasteiger partial charge in [-0.15, -0.1) is 0 Å². The number of halogens is 3. The van der Waals surface area contributed by atoms with Crippen LogP contribution in [-0.4, -0.2) is 11.7 Å². The molecule has 0 aromatic rings. The summed E-state index contributed by atoms with van der Waals surface area (Å²) in [7, 11) is 0. The van der Waals surface area contributed by atoms with Gasteiger partial charge in [0.15, 0.2) is 5.57 Å². The van der Waals surface area contributed by atoms with Gasteiger partial charge in [0, 0.05) is 5.54 Å². The Bertz CT molecular complexity index is 511. The van der Waals surface area contributed by atoms with Crippen molar-refractivity contribution in [3.63, 3.8) is 0 Å². The summed E-state index contributed by atoms with van der Waals surface area (Å²) < 4.78 is 39.6. The lowest BCUT2D eigenvalue weighted by atomic mass is 9.53. The van der Waals surface area contributed by atoms with Crippen LogP contribution in [0.15, 0.2) is 11.3 Å². The van der Waals surface area contributed by atoms with E-state index in [2.05, 4.69) is 5.32 Å². The molecule has 0 radical (unpaired) electrons. The zero-order chi connectivity index (χ0) is 15.3. The molecule has 0 amide bonds. The normalized spacial score (nSPS) is 36.7. The van der Waals surface area contributed by atoms with Crippen LogP contribution in [0.4, 0.5) is 13.2 Å². The molecule has 4 fully saturated rings. The summed E-state index contributed by atoms with van der Waals surface area (Å²) in [5.41, 5.74) is -2.58. The Labute approximate surface area is 121 Å². The topological polar surface area (TPSA) is 59.6 Å². The molecule has 0 saturated heterocycles. The minimum atomic E-state index is -4.69. The SMILES string of the molecule is N#CC(C#N)=C(NC12CC3CC(CC(C3)C1)C2)C(F)(F)F. The highest BCUT2D eigenvalue weighted by Gasteiger charge is 2.53. The first-order valence-electron chi connectivity index (χ1n) is 7.25. The second-order valence-corrected chi connectivity index (χ2v) is 6.79.